The topological polar surface area (TPSA) is 50.8 Å². The van der Waals surface area contributed by atoms with E-state index in [0.717, 1.165) is 0 Å². The zero-order chi connectivity index (χ0) is 22.5. The number of carbonyl (C=O) groups excluding carboxylic acids is 1. The van der Waals surface area contributed by atoms with Gasteiger partial charge in [0.2, 0.25) is 0 Å². The van der Waals surface area contributed by atoms with Crippen molar-refractivity contribution in [2.75, 3.05) is 18.4 Å². The third-order valence-electron chi connectivity index (χ3n) is 6.20. The minimum atomic E-state index is -4.27. The lowest BCUT2D eigenvalue weighted by molar-refractivity contribution is -0.143. The van der Waals surface area contributed by atoms with E-state index in [9.17, 15) is 22.4 Å². The third kappa shape index (κ3) is 4.75. The van der Waals surface area contributed by atoms with Crippen LogP contribution >= 0.6 is 0 Å². The minimum absolute atomic E-state index is 0.0110. The van der Waals surface area contributed by atoms with Crippen LogP contribution in [0.1, 0.15) is 46.1 Å². The summed E-state index contributed by atoms with van der Waals surface area (Å²) in [7, 11) is -0.728. The number of anilines is 1. The van der Waals surface area contributed by atoms with Gasteiger partial charge < -0.3 is 19.5 Å². The molecule has 2 heterocycles. The molecule has 1 N–H and O–H groups in total. The number of rotatable bonds is 3. The predicted octanol–water partition coefficient (Wildman–Crippen LogP) is 4.24. The molecule has 0 saturated carbocycles. The van der Waals surface area contributed by atoms with E-state index in [-0.39, 0.29) is 25.2 Å². The van der Waals surface area contributed by atoms with Crippen LogP contribution in [-0.2, 0) is 9.31 Å². The summed E-state index contributed by atoms with van der Waals surface area (Å²) < 4.78 is 64.3. The smallest absolute Gasteiger partial charge is 0.399 e. The van der Waals surface area contributed by atoms with E-state index in [0.29, 0.717) is 11.0 Å². The molecule has 0 unspecified atom stereocenters. The van der Waals surface area contributed by atoms with Crippen molar-refractivity contribution in [2.45, 2.75) is 64.8 Å². The number of nitrogens with zero attached hydrogens (tertiary/aromatic N) is 1. The maximum atomic E-state index is 14.5. The summed E-state index contributed by atoms with van der Waals surface area (Å²) in [5.74, 6) is -1.27. The lowest BCUT2D eigenvalue weighted by Crippen LogP contribution is -2.41. The molecule has 1 aromatic carbocycles. The Kier molecular flexibility index (Phi) is 5.88. The minimum Gasteiger partial charge on any atom is -0.399 e. The van der Waals surface area contributed by atoms with E-state index in [1.54, 1.807) is 6.92 Å². The highest BCUT2D eigenvalue weighted by atomic mass is 19.4. The normalized spacial score (nSPS) is 23.2. The molecule has 3 rings (SSSR count). The van der Waals surface area contributed by atoms with E-state index >= 15 is 0 Å². The average Bonchev–Trinajstić information content (AvgIpc) is 3.10. The van der Waals surface area contributed by atoms with Crippen LogP contribution in [0.3, 0.4) is 0 Å². The number of hydrogen-bond acceptors (Lipinski definition) is 3. The van der Waals surface area contributed by atoms with Crippen LogP contribution in [0.15, 0.2) is 12.1 Å². The number of nitrogens with one attached hydrogen (secondary N) is 1. The second-order valence-electron chi connectivity index (χ2n) is 9.13. The van der Waals surface area contributed by atoms with Gasteiger partial charge in [-0.25, -0.2) is 9.18 Å². The largest absolute Gasteiger partial charge is 0.495 e. The van der Waals surface area contributed by atoms with Crippen molar-refractivity contribution in [3.05, 3.63) is 23.5 Å². The maximum Gasteiger partial charge on any atom is 0.495 e. The number of halogens is 4. The highest BCUT2D eigenvalue weighted by Crippen LogP contribution is 2.37. The number of alkyl halides is 3. The zero-order valence-electron chi connectivity index (χ0n) is 17.8. The number of aryl methyl sites for hydroxylation is 1. The first-order valence-corrected chi connectivity index (χ1v) is 9.97. The van der Waals surface area contributed by atoms with Crippen LogP contribution < -0.4 is 10.8 Å². The van der Waals surface area contributed by atoms with Crippen LogP contribution in [0.2, 0.25) is 0 Å². The van der Waals surface area contributed by atoms with E-state index < -0.39 is 48.7 Å². The van der Waals surface area contributed by atoms with Gasteiger partial charge in [-0.1, -0.05) is 0 Å². The Hall–Kier alpha value is -1.81. The van der Waals surface area contributed by atoms with Gasteiger partial charge in [0.05, 0.1) is 16.9 Å². The fourth-order valence-corrected chi connectivity index (χ4v) is 3.71. The summed E-state index contributed by atoms with van der Waals surface area (Å²) >= 11 is 0. The lowest BCUT2D eigenvalue weighted by atomic mass is 9.76. The molecule has 2 amide bonds. The number of likely N-dealkylation sites (tertiary alicyclic amines) is 1. The first-order chi connectivity index (χ1) is 13.7. The molecular formula is C20H27BF4N2O3. The van der Waals surface area contributed by atoms with E-state index in [2.05, 4.69) is 5.32 Å². The summed E-state index contributed by atoms with van der Waals surface area (Å²) in [5, 5.41) is 2.49. The molecule has 1 aromatic rings. The molecule has 2 fully saturated rings. The molecule has 0 aromatic heterocycles. The molecule has 2 saturated heterocycles. The zero-order valence-corrected chi connectivity index (χ0v) is 17.8. The molecule has 2 aliphatic heterocycles. The lowest BCUT2D eigenvalue weighted by Gasteiger charge is -2.32. The summed E-state index contributed by atoms with van der Waals surface area (Å²) in [6, 6.07) is 2.13. The van der Waals surface area contributed by atoms with Gasteiger partial charge in [0.25, 0.3) is 0 Å². The molecule has 0 spiro atoms. The third-order valence-corrected chi connectivity index (χ3v) is 6.20. The fourth-order valence-electron chi connectivity index (χ4n) is 3.71. The molecule has 2 aliphatic rings. The molecule has 30 heavy (non-hydrogen) atoms. The number of benzene rings is 1. The molecule has 5 nitrogen and oxygen atoms in total. The van der Waals surface area contributed by atoms with E-state index in [1.807, 2.05) is 27.7 Å². The second kappa shape index (κ2) is 7.71. The summed E-state index contributed by atoms with van der Waals surface area (Å²) in [6.45, 7) is 9.52. The molecule has 0 aliphatic carbocycles. The Bertz CT molecular complexity index is 813. The Morgan fingerprint density at radius 3 is 2.40 bits per heavy atom. The van der Waals surface area contributed by atoms with Crippen molar-refractivity contribution in [1.82, 2.24) is 4.90 Å². The van der Waals surface area contributed by atoms with Gasteiger partial charge in [0, 0.05) is 19.5 Å². The van der Waals surface area contributed by atoms with E-state index in [1.165, 1.54) is 17.0 Å². The van der Waals surface area contributed by atoms with Gasteiger partial charge in [-0.3, -0.25) is 0 Å². The van der Waals surface area contributed by atoms with Gasteiger partial charge in [-0.2, -0.15) is 13.2 Å². The number of hydrogen-bond donors (Lipinski definition) is 1. The van der Waals surface area contributed by atoms with Crippen molar-refractivity contribution >= 4 is 24.3 Å². The molecule has 0 bridgehead atoms. The summed E-state index contributed by atoms with van der Waals surface area (Å²) in [4.78, 5) is 13.8. The van der Waals surface area contributed by atoms with Crippen LogP contribution in [-0.4, -0.2) is 48.5 Å². The van der Waals surface area contributed by atoms with Gasteiger partial charge >= 0.3 is 19.3 Å². The van der Waals surface area contributed by atoms with E-state index in [4.69, 9.17) is 9.31 Å². The molecule has 0 radical (unpaired) electrons. The quantitative estimate of drug-likeness (QED) is 0.577. The molecule has 10 heteroatoms. The summed E-state index contributed by atoms with van der Waals surface area (Å²) in [5.41, 5.74) is -0.0256. The van der Waals surface area contributed by atoms with Crippen molar-refractivity contribution in [1.29, 1.82) is 0 Å². The highest BCUT2D eigenvalue weighted by Gasteiger charge is 2.52. The number of carbonyl (C=O) groups is 1. The van der Waals surface area contributed by atoms with Crippen molar-refractivity contribution in [3.8, 4) is 0 Å². The predicted molar refractivity (Wildman–Crippen MR) is 106 cm³/mol. The summed E-state index contributed by atoms with van der Waals surface area (Å²) in [6.07, 6.45) is -4.93. The van der Waals surface area contributed by atoms with Crippen LogP contribution in [0.5, 0.6) is 0 Å². The monoisotopic (exact) mass is 430 g/mol. The fraction of sp³-hybridized carbons (Fsp3) is 0.650. The Balaban J connectivity index is 1.73. The first-order valence-electron chi connectivity index (χ1n) is 9.97. The molecular weight excluding hydrogens is 403 g/mol. The van der Waals surface area contributed by atoms with Crippen molar-refractivity contribution in [2.24, 2.45) is 5.92 Å². The standard InChI is InChI=1S/C20H27BF4N2O3/c1-12-8-15(22)16(9-14(12)21-29-18(2,3)19(4,5)30-21)26-17(28)27-7-6-13(11-27)10-20(23,24)25/h8-9,13H,6-7,10-11H2,1-5H3,(H,26,28)/t13-/m0/s1. The van der Waals surface area contributed by atoms with Crippen molar-refractivity contribution in [3.63, 3.8) is 0 Å². The number of amides is 2. The Labute approximate surface area is 174 Å². The van der Waals surface area contributed by atoms with Gasteiger partial charge in [0.1, 0.15) is 5.82 Å². The number of urea groups is 1. The SMILES string of the molecule is Cc1cc(F)c(NC(=O)N2CC[C@@H](CC(F)(F)F)C2)cc1B1OC(C)(C)C(C)(C)O1. The molecule has 1 atom stereocenters. The van der Waals surface area contributed by atoms with Gasteiger partial charge in [-0.05, 0) is 70.1 Å². The van der Waals surface area contributed by atoms with Crippen LogP contribution in [0.4, 0.5) is 28.0 Å². The van der Waals surface area contributed by atoms with Gasteiger partial charge in [0.15, 0.2) is 0 Å². The van der Waals surface area contributed by atoms with Crippen LogP contribution in [0.25, 0.3) is 0 Å². The van der Waals surface area contributed by atoms with Gasteiger partial charge in [-0.15, -0.1) is 0 Å². The Morgan fingerprint density at radius 2 is 1.83 bits per heavy atom. The van der Waals surface area contributed by atoms with Crippen LogP contribution in [0, 0.1) is 18.7 Å². The first kappa shape index (κ1) is 22.9. The second-order valence-corrected chi connectivity index (χ2v) is 9.13. The Morgan fingerprint density at radius 1 is 1.23 bits per heavy atom. The average molecular weight is 430 g/mol. The van der Waals surface area contributed by atoms with Crippen molar-refractivity contribution < 1.29 is 31.7 Å². The highest BCUT2D eigenvalue weighted by molar-refractivity contribution is 6.62. The maximum absolute atomic E-state index is 14.5. The molecule has 166 valence electrons.